The van der Waals surface area contributed by atoms with Crippen LogP contribution in [-0.2, 0) is 0 Å². The van der Waals surface area contributed by atoms with Crippen molar-refractivity contribution >= 4 is 0 Å². The number of nitrogens with zero attached hydrogens (tertiary/aromatic N) is 1. The molecule has 0 saturated heterocycles. The Kier molecular flexibility index (Phi) is 3.06. The molecular formula is C7H17N. The third kappa shape index (κ3) is 3.03. The van der Waals surface area contributed by atoms with E-state index in [2.05, 4.69) is 19.0 Å². The van der Waals surface area contributed by atoms with Crippen LogP contribution < -0.4 is 0 Å². The predicted octanol–water partition coefficient (Wildman–Crippen LogP) is 1.59. The van der Waals surface area contributed by atoms with Gasteiger partial charge in [-0.2, -0.15) is 0 Å². The lowest BCUT2D eigenvalue weighted by Crippen LogP contribution is -2.14. The summed E-state index contributed by atoms with van der Waals surface area (Å²) in [5.41, 5.74) is 0. The first kappa shape index (κ1) is 7.96. The Balaban J connectivity index is 0.000000490. The molecule has 0 atom stereocenters. The van der Waals surface area contributed by atoms with Gasteiger partial charge in [-0.15, -0.1) is 0 Å². The second kappa shape index (κ2) is 3.08. The van der Waals surface area contributed by atoms with Crippen LogP contribution >= 0.6 is 0 Å². The fraction of sp³-hybridized carbons (Fsp3) is 1.00. The number of hydrogen-bond acceptors (Lipinski definition) is 1. The molecule has 0 heterocycles. The minimum Gasteiger partial charge on any atom is -0.309 e. The molecule has 0 bridgehead atoms. The third-order valence-electron chi connectivity index (χ3n) is 1.32. The molecule has 1 aliphatic rings. The fourth-order valence-electron chi connectivity index (χ4n) is 0.817. The minimum absolute atomic E-state index is 0. The maximum absolute atomic E-state index is 2.26. The van der Waals surface area contributed by atoms with Crippen LogP contribution in [0.3, 0.4) is 0 Å². The number of hydrogen-bond donors (Lipinski definition) is 0. The first-order chi connectivity index (χ1) is 3.29. The molecule has 1 aliphatic carbocycles. The third-order valence-corrected chi connectivity index (χ3v) is 1.32. The molecule has 1 saturated carbocycles. The van der Waals surface area contributed by atoms with Crippen molar-refractivity contribution in [3.8, 4) is 0 Å². The largest absolute Gasteiger partial charge is 0.309 e. The molecule has 1 fully saturated rings. The Hall–Kier alpha value is -0.0400. The maximum atomic E-state index is 2.26. The van der Waals surface area contributed by atoms with Gasteiger partial charge >= 0.3 is 0 Å². The molecule has 0 N–H and O–H groups in total. The zero-order chi connectivity index (χ0) is 5.28. The minimum atomic E-state index is 0. The highest BCUT2D eigenvalue weighted by Gasteiger charge is 2.20. The molecule has 0 aromatic rings. The van der Waals surface area contributed by atoms with Crippen molar-refractivity contribution in [1.82, 2.24) is 4.90 Å². The first-order valence-electron chi connectivity index (χ1n) is 2.94. The molecule has 1 heteroatoms. The molecule has 50 valence electrons. The van der Waals surface area contributed by atoms with Gasteiger partial charge in [-0.1, -0.05) is 7.43 Å². The summed E-state index contributed by atoms with van der Waals surface area (Å²) in [5, 5.41) is 0. The molecule has 0 unspecified atom stereocenters. The molecule has 0 amide bonds. The van der Waals surface area contributed by atoms with Gasteiger partial charge in [-0.3, -0.25) is 0 Å². The molecular weight excluding hydrogens is 98.1 g/mol. The second-order valence-corrected chi connectivity index (χ2v) is 2.71. The van der Waals surface area contributed by atoms with E-state index in [1.807, 2.05) is 0 Å². The molecule has 0 aromatic heterocycles. The van der Waals surface area contributed by atoms with E-state index in [4.69, 9.17) is 0 Å². The lowest BCUT2D eigenvalue weighted by molar-refractivity contribution is 0.389. The van der Waals surface area contributed by atoms with Crippen LogP contribution in [0.4, 0.5) is 0 Å². The van der Waals surface area contributed by atoms with E-state index in [1.54, 1.807) is 0 Å². The fourth-order valence-corrected chi connectivity index (χ4v) is 0.817. The molecule has 1 nitrogen and oxygen atoms in total. The van der Waals surface area contributed by atoms with E-state index in [-0.39, 0.29) is 7.43 Å². The monoisotopic (exact) mass is 115 g/mol. The Morgan fingerprint density at radius 2 is 1.88 bits per heavy atom. The van der Waals surface area contributed by atoms with E-state index in [0.717, 1.165) is 5.92 Å². The van der Waals surface area contributed by atoms with Crippen molar-refractivity contribution < 1.29 is 0 Å². The van der Waals surface area contributed by atoms with E-state index >= 15 is 0 Å². The van der Waals surface area contributed by atoms with Gasteiger partial charge in [-0.25, -0.2) is 0 Å². The highest BCUT2D eigenvalue weighted by atomic mass is 15.1. The maximum Gasteiger partial charge on any atom is 0.000356 e. The van der Waals surface area contributed by atoms with Crippen LogP contribution in [0.15, 0.2) is 0 Å². The van der Waals surface area contributed by atoms with Crippen LogP contribution in [-0.4, -0.2) is 25.5 Å². The Morgan fingerprint density at radius 3 is 2.00 bits per heavy atom. The van der Waals surface area contributed by atoms with Gasteiger partial charge < -0.3 is 4.90 Å². The highest BCUT2D eigenvalue weighted by Crippen LogP contribution is 2.28. The average Bonchev–Trinajstić information content (AvgIpc) is 2.17. The van der Waals surface area contributed by atoms with Crippen molar-refractivity contribution in [1.29, 1.82) is 0 Å². The smallest absolute Gasteiger partial charge is 0.000356 e. The predicted molar refractivity (Wildman–Crippen MR) is 38.0 cm³/mol. The first-order valence-corrected chi connectivity index (χ1v) is 2.94. The summed E-state index contributed by atoms with van der Waals surface area (Å²) in [7, 11) is 4.27. The van der Waals surface area contributed by atoms with E-state index < -0.39 is 0 Å². The summed E-state index contributed by atoms with van der Waals surface area (Å²) in [4.78, 5) is 2.26. The summed E-state index contributed by atoms with van der Waals surface area (Å²) in [6, 6.07) is 0. The van der Waals surface area contributed by atoms with Gasteiger partial charge in [0.05, 0.1) is 0 Å². The molecule has 1 rings (SSSR count). The Labute approximate surface area is 52.7 Å². The summed E-state index contributed by atoms with van der Waals surface area (Å²) < 4.78 is 0. The van der Waals surface area contributed by atoms with Crippen molar-refractivity contribution in [3.63, 3.8) is 0 Å². The lowest BCUT2D eigenvalue weighted by Gasteiger charge is -2.05. The van der Waals surface area contributed by atoms with Gasteiger partial charge in [0.2, 0.25) is 0 Å². The second-order valence-electron chi connectivity index (χ2n) is 2.71. The zero-order valence-electron chi connectivity index (χ0n) is 5.15. The van der Waals surface area contributed by atoms with Crippen molar-refractivity contribution in [2.75, 3.05) is 20.6 Å². The average molecular weight is 115 g/mol. The zero-order valence-corrected chi connectivity index (χ0v) is 5.15. The van der Waals surface area contributed by atoms with Gasteiger partial charge in [0.25, 0.3) is 0 Å². The van der Waals surface area contributed by atoms with E-state index in [1.165, 1.54) is 19.4 Å². The Bertz CT molecular complexity index is 55.4. The van der Waals surface area contributed by atoms with Crippen molar-refractivity contribution in [2.24, 2.45) is 5.92 Å². The Morgan fingerprint density at radius 1 is 1.38 bits per heavy atom. The highest BCUT2D eigenvalue weighted by molar-refractivity contribution is 4.74. The van der Waals surface area contributed by atoms with E-state index in [0.29, 0.717) is 0 Å². The van der Waals surface area contributed by atoms with Crippen LogP contribution in [0.5, 0.6) is 0 Å². The van der Waals surface area contributed by atoms with Crippen LogP contribution in [0.2, 0.25) is 0 Å². The van der Waals surface area contributed by atoms with Gasteiger partial charge in [0, 0.05) is 6.54 Å². The normalized spacial score (nSPS) is 18.4. The number of rotatable bonds is 2. The molecule has 0 aromatic carbocycles. The summed E-state index contributed by atoms with van der Waals surface area (Å²) in [5.74, 6) is 1.05. The lowest BCUT2D eigenvalue weighted by atomic mass is 10.4. The van der Waals surface area contributed by atoms with Crippen LogP contribution in [0.25, 0.3) is 0 Å². The standard InChI is InChI=1S/C6H13N.CH4/c1-7(2)5-6-3-4-6;/h6H,3-5H2,1-2H3;1H4. The van der Waals surface area contributed by atoms with Crippen LogP contribution in [0.1, 0.15) is 20.3 Å². The van der Waals surface area contributed by atoms with Crippen LogP contribution in [0, 0.1) is 5.92 Å². The molecule has 0 aliphatic heterocycles. The quantitative estimate of drug-likeness (QED) is 0.528. The topological polar surface area (TPSA) is 3.24 Å². The van der Waals surface area contributed by atoms with Gasteiger partial charge in [0.15, 0.2) is 0 Å². The molecule has 8 heavy (non-hydrogen) atoms. The summed E-state index contributed by atoms with van der Waals surface area (Å²) in [6.07, 6.45) is 2.94. The van der Waals surface area contributed by atoms with Crippen molar-refractivity contribution in [2.45, 2.75) is 20.3 Å². The van der Waals surface area contributed by atoms with Crippen molar-refractivity contribution in [3.05, 3.63) is 0 Å². The van der Waals surface area contributed by atoms with Gasteiger partial charge in [-0.05, 0) is 32.9 Å². The summed E-state index contributed by atoms with van der Waals surface area (Å²) >= 11 is 0. The SMILES string of the molecule is C.CN(C)CC1CC1. The van der Waals surface area contributed by atoms with E-state index in [9.17, 15) is 0 Å². The summed E-state index contributed by atoms with van der Waals surface area (Å²) in [6.45, 7) is 1.31. The molecule has 0 radical (unpaired) electrons. The molecule has 0 spiro atoms. The van der Waals surface area contributed by atoms with Gasteiger partial charge in [0.1, 0.15) is 0 Å².